The Kier molecular flexibility index (Phi) is 5.37. The molecule has 0 aliphatic heterocycles. The highest BCUT2D eigenvalue weighted by Gasteiger charge is 2.31. The second-order valence-electron chi connectivity index (χ2n) is 6.64. The van der Waals surface area contributed by atoms with Gasteiger partial charge in [0.2, 0.25) is 0 Å². The smallest absolute Gasteiger partial charge is 0.416 e. The van der Waals surface area contributed by atoms with Crippen LogP contribution in [-0.2, 0) is 6.18 Å². The molecule has 2 aromatic carbocycles. The van der Waals surface area contributed by atoms with E-state index in [1.54, 1.807) is 0 Å². The van der Waals surface area contributed by atoms with Gasteiger partial charge in [-0.3, -0.25) is 9.89 Å². The number of carbonyl (C=O) groups excluding carboxylic acids is 1. The third-order valence-electron chi connectivity index (χ3n) is 4.43. The zero-order valence-electron chi connectivity index (χ0n) is 16.2. The Balaban J connectivity index is 1.54. The minimum absolute atomic E-state index is 0.0222. The van der Waals surface area contributed by atoms with E-state index in [0.29, 0.717) is 0 Å². The van der Waals surface area contributed by atoms with Crippen LogP contribution in [0.3, 0.4) is 0 Å². The van der Waals surface area contributed by atoms with Crippen LogP contribution in [0, 0.1) is 15.9 Å². The third kappa shape index (κ3) is 4.56. The lowest BCUT2D eigenvalue weighted by atomic mass is 10.1. The van der Waals surface area contributed by atoms with E-state index >= 15 is 0 Å². The van der Waals surface area contributed by atoms with Gasteiger partial charge in [0.1, 0.15) is 23.5 Å². The number of nitro groups is 1. The Labute approximate surface area is 181 Å². The van der Waals surface area contributed by atoms with Crippen LogP contribution in [0.25, 0.3) is 10.9 Å². The Morgan fingerprint density at radius 2 is 1.85 bits per heavy atom. The van der Waals surface area contributed by atoms with E-state index in [1.807, 2.05) is 0 Å². The van der Waals surface area contributed by atoms with E-state index in [2.05, 4.69) is 20.5 Å². The number of anilines is 1. The second kappa shape index (κ2) is 8.18. The highest BCUT2D eigenvalue weighted by Crippen LogP contribution is 2.32. The van der Waals surface area contributed by atoms with Crippen LogP contribution < -0.4 is 10.1 Å². The summed E-state index contributed by atoms with van der Waals surface area (Å²) in [6.45, 7) is 0. The van der Waals surface area contributed by atoms with E-state index in [9.17, 15) is 32.5 Å². The van der Waals surface area contributed by atoms with Crippen molar-refractivity contribution in [3.05, 3.63) is 81.9 Å². The molecule has 33 heavy (non-hydrogen) atoms. The fraction of sp³-hybridized carbons (Fsp3) is 0.0500. The first-order valence-corrected chi connectivity index (χ1v) is 9.06. The molecular formula is C20H11F4N5O4. The predicted octanol–water partition coefficient (Wildman–Crippen LogP) is 5.07. The van der Waals surface area contributed by atoms with Crippen LogP contribution in [-0.4, -0.2) is 26.0 Å². The molecule has 0 fully saturated rings. The van der Waals surface area contributed by atoms with Gasteiger partial charge in [0.25, 0.3) is 5.91 Å². The average molecular weight is 461 g/mol. The molecule has 9 nitrogen and oxygen atoms in total. The fourth-order valence-electron chi connectivity index (χ4n) is 2.90. The van der Waals surface area contributed by atoms with Crippen molar-refractivity contribution in [2.45, 2.75) is 6.18 Å². The lowest BCUT2D eigenvalue weighted by Crippen LogP contribution is -2.14. The number of hydrogen-bond acceptors (Lipinski definition) is 6. The monoisotopic (exact) mass is 461 g/mol. The topological polar surface area (TPSA) is 123 Å². The number of ether oxygens (including phenoxy) is 1. The van der Waals surface area contributed by atoms with Crippen molar-refractivity contribution in [1.29, 1.82) is 0 Å². The first-order valence-electron chi connectivity index (χ1n) is 9.06. The lowest BCUT2D eigenvalue weighted by Gasteiger charge is -2.09. The lowest BCUT2D eigenvalue weighted by molar-refractivity contribution is -0.389. The molecule has 0 aliphatic carbocycles. The van der Waals surface area contributed by atoms with Crippen molar-refractivity contribution < 1.29 is 32.0 Å². The Bertz CT molecular complexity index is 1390. The number of aromatic amines is 1. The Morgan fingerprint density at radius 1 is 1.09 bits per heavy atom. The highest BCUT2D eigenvalue weighted by atomic mass is 19.4. The Morgan fingerprint density at radius 3 is 2.55 bits per heavy atom. The quantitative estimate of drug-likeness (QED) is 0.243. The average Bonchev–Trinajstić information content (AvgIpc) is 3.18. The maximum atomic E-state index is 14.5. The number of rotatable bonds is 5. The zero-order chi connectivity index (χ0) is 23.8. The SMILES string of the molecule is O=C(Nc1ccc(Oc2ccnc([N+](=O)[O-])c2)cc1F)c1n[nH]c2ccc(C(F)(F)F)cc12. The van der Waals surface area contributed by atoms with Crippen LogP contribution in [0.15, 0.2) is 54.7 Å². The van der Waals surface area contributed by atoms with Gasteiger partial charge in [-0.25, -0.2) is 4.39 Å². The normalized spacial score (nSPS) is 11.4. The summed E-state index contributed by atoms with van der Waals surface area (Å²) in [5.41, 5.74) is -1.39. The van der Waals surface area contributed by atoms with Crippen molar-refractivity contribution in [3.8, 4) is 11.5 Å². The van der Waals surface area contributed by atoms with Crippen LogP contribution in [0.5, 0.6) is 11.5 Å². The molecule has 2 N–H and O–H groups in total. The van der Waals surface area contributed by atoms with Crippen molar-refractivity contribution in [1.82, 2.24) is 15.2 Å². The number of pyridine rings is 1. The number of H-pyrrole nitrogens is 1. The van der Waals surface area contributed by atoms with Crippen molar-refractivity contribution in [2.24, 2.45) is 0 Å². The molecule has 168 valence electrons. The summed E-state index contributed by atoms with van der Waals surface area (Å²) in [6, 6.07) is 8.50. The number of halogens is 4. The minimum atomic E-state index is -4.61. The van der Waals surface area contributed by atoms with Gasteiger partial charge < -0.3 is 20.2 Å². The highest BCUT2D eigenvalue weighted by molar-refractivity contribution is 6.11. The van der Waals surface area contributed by atoms with E-state index in [0.717, 1.165) is 42.6 Å². The van der Waals surface area contributed by atoms with Gasteiger partial charge in [-0.2, -0.15) is 18.3 Å². The molecule has 4 aromatic rings. The van der Waals surface area contributed by atoms with Gasteiger partial charge in [0.05, 0.1) is 22.8 Å². The van der Waals surface area contributed by atoms with Crippen molar-refractivity contribution in [2.75, 3.05) is 5.32 Å². The molecule has 2 heterocycles. The minimum Gasteiger partial charge on any atom is -0.457 e. The number of benzene rings is 2. The number of fused-ring (bicyclic) bond motifs is 1. The molecular weight excluding hydrogens is 450 g/mol. The molecule has 0 atom stereocenters. The summed E-state index contributed by atoms with van der Waals surface area (Å²) in [5, 5.41) is 19.1. The standard InChI is InChI=1S/C20H11F4N5O4/c21-14-8-11(33-12-5-6-25-17(9-12)29(31)32)2-4-16(14)26-19(30)18-13-7-10(20(22,23)24)1-3-15(13)27-28-18/h1-9H,(H,26,30)(H,27,28). The molecule has 0 unspecified atom stereocenters. The molecule has 0 saturated carbocycles. The van der Waals surface area contributed by atoms with Crippen LogP contribution >= 0.6 is 0 Å². The first-order chi connectivity index (χ1) is 15.6. The zero-order valence-corrected chi connectivity index (χ0v) is 16.2. The molecule has 0 aliphatic rings. The van der Waals surface area contributed by atoms with Crippen LogP contribution in [0.1, 0.15) is 16.1 Å². The van der Waals surface area contributed by atoms with Gasteiger partial charge in [0.15, 0.2) is 5.69 Å². The van der Waals surface area contributed by atoms with E-state index in [1.165, 1.54) is 12.1 Å². The first kappa shape index (κ1) is 21.7. The summed E-state index contributed by atoms with van der Waals surface area (Å²) in [7, 11) is 0. The van der Waals surface area contributed by atoms with Gasteiger partial charge in [-0.1, -0.05) is 0 Å². The van der Waals surface area contributed by atoms with Gasteiger partial charge in [-0.15, -0.1) is 0 Å². The Hall–Kier alpha value is -4.55. The second-order valence-corrected chi connectivity index (χ2v) is 6.64. The van der Waals surface area contributed by atoms with Crippen LogP contribution in [0.2, 0.25) is 0 Å². The maximum absolute atomic E-state index is 14.5. The van der Waals surface area contributed by atoms with E-state index in [4.69, 9.17) is 4.74 Å². The number of amides is 1. The summed E-state index contributed by atoms with van der Waals surface area (Å²) < 4.78 is 58.8. The largest absolute Gasteiger partial charge is 0.457 e. The summed E-state index contributed by atoms with van der Waals surface area (Å²) >= 11 is 0. The number of nitrogens with one attached hydrogen (secondary N) is 2. The van der Waals surface area contributed by atoms with Crippen molar-refractivity contribution in [3.63, 3.8) is 0 Å². The molecule has 2 aromatic heterocycles. The number of hydrogen-bond donors (Lipinski definition) is 2. The molecule has 0 radical (unpaired) electrons. The van der Waals surface area contributed by atoms with Crippen LogP contribution in [0.4, 0.5) is 29.1 Å². The molecule has 0 saturated heterocycles. The number of carbonyl (C=O) groups is 1. The van der Waals surface area contributed by atoms with E-state index < -0.39 is 34.2 Å². The van der Waals surface area contributed by atoms with Gasteiger partial charge >= 0.3 is 12.0 Å². The number of alkyl halides is 3. The van der Waals surface area contributed by atoms with Gasteiger partial charge in [-0.05, 0) is 40.2 Å². The molecule has 1 amide bonds. The molecule has 0 bridgehead atoms. The molecule has 13 heteroatoms. The number of nitrogens with zero attached hydrogens (tertiary/aromatic N) is 3. The van der Waals surface area contributed by atoms with Gasteiger partial charge in [0, 0.05) is 17.5 Å². The van der Waals surface area contributed by atoms with E-state index in [-0.39, 0.29) is 33.8 Å². The maximum Gasteiger partial charge on any atom is 0.416 e. The fourth-order valence-corrected chi connectivity index (χ4v) is 2.90. The predicted molar refractivity (Wildman–Crippen MR) is 106 cm³/mol. The summed E-state index contributed by atoms with van der Waals surface area (Å²) in [5.74, 6) is -2.29. The van der Waals surface area contributed by atoms with Crippen molar-refractivity contribution >= 4 is 28.3 Å². The molecule has 0 spiro atoms. The molecule has 4 rings (SSSR count). The third-order valence-corrected chi connectivity index (χ3v) is 4.43. The number of aromatic nitrogens is 3. The summed E-state index contributed by atoms with van der Waals surface area (Å²) in [6.07, 6.45) is -3.47. The summed E-state index contributed by atoms with van der Waals surface area (Å²) in [4.78, 5) is 26.1.